The standard InChI is InChI=1S/C9H9N3O4/c1-5(8(14)16-2)12-4-6(3-10)7(13)11-9(12)15/h4-5H,1-2H3,(H,11,13,15). The SMILES string of the molecule is COC(=O)C(C)n1cc(C#N)c(=O)[nH]c1=O. The van der Waals surface area contributed by atoms with E-state index in [9.17, 15) is 14.4 Å². The lowest BCUT2D eigenvalue weighted by atomic mass is 10.3. The minimum absolute atomic E-state index is 0.240. The van der Waals surface area contributed by atoms with Gasteiger partial charge in [0, 0.05) is 6.20 Å². The number of nitrogens with zero attached hydrogens (tertiary/aromatic N) is 2. The number of aromatic nitrogens is 2. The molecule has 0 aliphatic carbocycles. The highest BCUT2D eigenvalue weighted by atomic mass is 16.5. The van der Waals surface area contributed by atoms with Crippen LogP contribution in [0.4, 0.5) is 0 Å². The van der Waals surface area contributed by atoms with Gasteiger partial charge in [-0.3, -0.25) is 14.3 Å². The molecule has 0 saturated heterocycles. The number of carbonyl (C=O) groups is 1. The summed E-state index contributed by atoms with van der Waals surface area (Å²) < 4.78 is 5.39. The molecule has 0 amide bonds. The summed E-state index contributed by atoms with van der Waals surface area (Å²) in [7, 11) is 1.18. The van der Waals surface area contributed by atoms with Crippen molar-refractivity contribution in [3.63, 3.8) is 0 Å². The number of esters is 1. The fourth-order valence-electron chi connectivity index (χ4n) is 1.14. The largest absolute Gasteiger partial charge is 0.467 e. The van der Waals surface area contributed by atoms with Gasteiger partial charge in [0.1, 0.15) is 17.7 Å². The Bertz CT molecular complexity index is 563. The first-order valence-corrected chi connectivity index (χ1v) is 4.34. The van der Waals surface area contributed by atoms with Gasteiger partial charge in [-0.15, -0.1) is 0 Å². The Hall–Kier alpha value is -2.36. The number of aromatic amines is 1. The third kappa shape index (κ3) is 2.00. The zero-order valence-electron chi connectivity index (χ0n) is 8.68. The molecule has 0 aliphatic heterocycles. The average Bonchev–Trinajstić information content (AvgIpc) is 2.27. The van der Waals surface area contributed by atoms with E-state index in [4.69, 9.17) is 5.26 Å². The number of hydrogen-bond donors (Lipinski definition) is 1. The minimum atomic E-state index is -0.901. The molecule has 1 unspecified atom stereocenters. The average molecular weight is 223 g/mol. The molecule has 1 N–H and O–H groups in total. The Kier molecular flexibility index (Phi) is 3.25. The molecule has 0 bridgehead atoms. The molecule has 1 rings (SSSR count). The number of rotatable bonds is 2. The van der Waals surface area contributed by atoms with Crippen LogP contribution in [0.2, 0.25) is 0 Å². The smallest absolute Gasteiger partial charge is 0.329 e. The predicted octanol–water partition coefficient (Wildman–Crippen LogP) is -0.858. The molecule has 7 heteroatoms. The van der Waals surface area contributed by atoms with Crippen molar-refractivity contribution in [2.75, 3.05) is 7.11 Å². The summed E-state index contributed by atoms with van der Waals surface area (Å²) in [5.74, 6) is -0.641. The van der Waals surface area contributed by atoms with E-state index >= 15 is 0 Å². The van der Waals surface area contributed by atoms with Crippen LogP contribution in [0.15, 0.2) is 15.8 Å². The molecule has 0 fully saturated rings. The zero-order valence-corrected chi connectivity index (χ0v) is 8.68. The molecule has 0 aliphatic rings. The molecule has 0 radical (unpaired) electrons. The van der Waals surface area contributed by atoms with Crippen LogP contribution in [0.1, 0.15) is 18.5 Å². The van der Waals surface area contributed by atoms with Crippen LogP contribution in [0.5, 0.6) is 0 Å². The lowest BCUT2D eigenvalue weighted by Gasteiger charge is -2.11. The lowest BCUT2D eigenvalue weighted by Crippen LogP contribution is -2.35. The van der Waals surface area contributed by atoms with E-state index in [1.807, 2.05) is 4.98 Å². The Labute approximate surface area is 89.9 Å². The highest BCUT2D eigenvalue weighted by molar-refractivity contribution is 5.73. The van der Waals surface area contributed by atoms with Crippen molar-refractivity contribution in [2.24, 2.45) is 0 Å². The van der Waals surface area contributed by atoms with Gasteiger partial charge < -0.3 is 4.74 Å². The van der Waals surface area contributed by atoms with E-state index in [2.05, 4.69) is 4.74 Å². The van der Waals surface area contributed by atoms with E-state index < -0.39 is 23.3 Å². The van der Waals surface area contributed by atoms with Gasteiger partial charge >= 0.3 is 11.7 Å². The zero-order chi connectivity index (χ0) is 12.3. The molecule has 0 aromatic carbocycles. The number of methoxy groups -OCH3 is 1. The minimum Gasteiger partial charge on any atom is -0.467 e. The van der Waals surface area contributed by atoms with Crippen LogP contribution in [0.25, 0.3) is 0 Å². The molecule has 1 aromatic heterocycles. The number of nitrogens with one attached hydrogen (secondary N) is 1. The van der Waals surface area contributed by atoms with Gasteiger partial charge in [-0.05, 0) is 6.92 Å². The summed E-state index contributed by atoms with van der Waals surface area (Å²) in [5.41, 5.74) is -1.78. The maximum Gasteiger partial charge on any atom is 0.329 e. The molecule has 84 valence electrons. The number of ether oxygens (including phenoxy) is 1. The second kappa shape index (κ2) is 4.44. The molecular formula is C9H9N3O4. The van der Waals surface area contributed by atoms with Crippen molar-refractivity contribution in [1.29, 1.82) is 5.26 Å². The maximum absolute atomic E-state index is 11.4. The summed E-state index contributed by atoms with van der Waals surface area (Å²) in [6.07, 6.45) is 1.03. The highest BCUT2D eigenvalue weighted by Crippen LogP contribution is 2.03. The molecule has 0 saturated carbocycles. The molecule has 1 atom stereocenters. The van der Waals surface area contributed by atoms with Crippen LogP contribution >= 0.6 is 0 Å². The van der Waals surface area contributed by atoms with Crippen LogP contribution < -0.4 is 11.2 Å². The number of H-pyrrole nitrogens is 1. The first kappa shape index (κ1) is 11.7. The second-order valence-electron chi connectivity index (χ2n) is 3.02. The van der Waals surface area contributed by atoms with Crippen LogP contribution in [0, 0.1) is 11.3 Å². The summed E-state index contributed by atoms with van der Waals surface area (Å²) in [6.45, 7) is 1.42. The van der Waals surface area contributed by atoms with Gasteiger partial charge in [-0.25, -0.2) is 9.59 Å². The number of carbonyl (C=O) groups excluding carboxylic acids is 1. The van der Waals surface area contributed by atoms with Crippen LogP contribution in [-0.2, 0) is 9.53 Å². The molecule has 1 heterocycles. The van der Waals surface area contributed by atoms with Crippen molar-refractivity contribution in [3.8, 4) is 6.07 Å². The summed E-state index contributed by atoms with van der Waals surface area (Å²) in [5, 5.41) is 8.61. The van der Waals surface area contributed by atoms with Gasteiger partial charge in [-0.1, -0.05) is 0 Å². The highest BCUT2D eigenvalue weighted by Gasteiger charge is 2.17. The molecule has 1 aromatic rings. The Morgan fingerprint density at radius 3 is 2.75 bits per heavy atom. The van der Waals surface area contributed by atoms with Gasteiger partial charge in [-0.2, -0.15) is 5.26 Å². The van der Waals surface area contributed by atoms with E-state index in [1.54, 1.807) is 6.07 Å². The number of nitriles is 1. The van der Waals surface area contributed by atoms with E-state index in [1.165, 1.54) is 14.0 Å². The van der Waals surface area contributed by atoms with E-state index in [0.29, 0.717) is 0 Å². The summed E-state index contributed by atoms with van der Waals surface area (Å²) >= 11 is 0. The van der Waals surface area contributed by atoms with Crippen molar-refractivity contribution in [2.45, 2.75) is 13.0 Å². The third-order valence-electron chi connectivity index (χ3n) is 2.05. The predicted molar refractivity (Wildman–Crippen MR) is 52.8 cm³/mol. The summed E-state index contributed by atoms with van der Waals surface area (Å²) in [6, 6.07) is 0.718. The van der Waals surface area contributed by atoms with Crippen molar-refractivity contribution in [3.05, 3.63) is 32.6 Å². The van der Waals surface area contributed by atoms with Crippen molar-refractivity contribution >= 4 is 5.97 Å². The van der Waals surface area contributed by atoms with Gasteiger partial charge in [0.25, 0.3) is 5.56 Å². The van der Waals surface area contributed by atoms with Crippen LogP contribution in [0.3, 0.4) is 0 Å². The van der Waals surface area contributed by atoms with Crippen molar-refractivity contribution < 1.29 is 9.53 Å². The topological polar surface area (TPSA) is 105 Å². The van der Waals surface area contributed by atoms with E-state index in [-0.39, 0.29) is 5.56 Å². The first-order chi connectivity index (χ1) is 7.51. The quantitative estimate of drug-likeness (QED) is 0.657. The molecule has 0 spiro atoms. The first-order valence-electron chi connectivity index (χ1n) is 4.34. The second-order valence-corrected chi connectivity index (χ2v) is 3.02. The van der Waals surface area contributed by atoms with E-state index in [0.717, 1.165) is 10.8 Å². The third-order valence-corrected chi connectivity index (χ3v) is 2.05. The van der Waals surface area contributed by atoms with Crippen LogP contribution in [-0.4, -0.2) is 22.6 Å². The monoisotopic (exact) mass is 223 g/mol. The Morgan fingerprint density at radius 1 is 1.62 bits per heavy atom. The van der Waals surface area contributed by atoms with Gasteiger partial charge in [0.05, 0.1) is 7.11 Å². The fourth-order valence-corrected chi connectivity index (χ4v) is 1.14. The maximum atomic E-state index is 11.4. The normalized spacial score (nSPS) is 11.6. The Morgan fingerprint density at radius 2 is 2.25 bits per heavy atom. The summed E-state index contributed by atoms with van der Waals surface area (Å²) in [4.78, 5) is 35.6. The molecular weight excluding hydrogens is 214 g/mol. The fraction of sp³-hybridized carbons (Fsp3) is 0.333. The van der Waals surface area contributed by atoms with Gasteiger partial charge in [0.2, 0.25) is 0 Å². The molecule has 7 nitrogen and oxygen atoms in total. The van der Waals surface area contributed by atoms with Gasteiger partial charge in [0.15, 0.2) is 0 Å². The molecule has 16 heavy (non-hydrogen) atoms. The number of hydrogen-bond acceptors (Lipinski definition) is 5. The Balaban J connectivity index is 3.36. The van der Waals surface area contributed by atoms with Crippen molar-refractivity contribution in [1.82, 2.24) is 9.55 Å². The lowest BCUT2D eigenvalue weighted by molar-refractivity contribution is -0.144.